The van der Waals surface area contributed by atoms with Crippen LogP contribution in [0, 0.1) is 16.7 Å². The van der Waals surface area contributed by atoms with E-state index in [9.17, 15) is 4.79 Å². The van der Waals surface area contributed by atoms with Crippen molar-refractivity contribution < 1.29 is 9.53 Å². The number of ether oxygens (including phenoxy) is 1. The monoisotopic (exact) mass is 254 g/mol. The lowest BCUT2D eigenvalue weighted by molar-refractivity contribution is -0.125. The Kier molecular flexibility index (Phi) is 3.45. The van der Waals surface area contributed by atoms with Crippen LogP contribution in [0.4, 0.5) is 0 Å². The standard InChI is InChI=1S/C14H26N2O2/c1-13(2)9-5-6-14(13,3)11(7-9)16-12(17)10(15)8-18-4/h9-11H,5-8,15H2,1-4H3,(H,16,17). The number of amides is 1. The molecule has 0 heterocycles. The van der Waals surface area contributed by atoms with E-state index >= 15 is 0 Å². The Labute approximate surface area is 110 Å². The average Bonchev–Trinajstić information content (AvgIpc) is 2.62. The first-order chi connectivity index (χ1) is 8.33. The molecule has 2 bridgehead atoms. The van der Waals surface area contributed by atoms with Gasteiger partial charge in [-0.2, -0.15) is 0 Å². The van der Waals surface area contributed by atoms with E-state index in [1.807, 2.05) is 0 Å². The van der Waals surface area contributed by atoms with Crippen molar-refractivity contribution in [2.45, 2.75) is 52.1 Å². The highest BCUT2D eigenvalue weighted by molar-refractivity contribution is 5.82. The summed E-state index contributed by atoms with van der Waals surface area (Å²) in [5.41, 5.74) is 6.30. The lowest BCUT2D eigenvalue weighted by Gasteiger charge is -2.39. The molecule has 104 valence electrons. The normalized spacial score (nSPS) is 38.7. The van der Waals surface area contributed by atoms with Gasteiger partial charge in [0.15, 0.2) is 0 Å². The fourth-order valence-corrected chi connectivity index (χ4v) is 3.96. The maximum Gasteiger partial charge on any atom is 0.239 e. The van der Waals surface area contributed by atoms with Gasteiger partial charge in [-0.3, -0.25) is 4.79 Å². The van der Waals surface area contributed by atoms with Crippen molar-refractivity contribution in [1.29, 1.82) is 0 Å². The van der Waals surface area contributed by atoms with Crippen molar-refractivity contribution in [2.75, 3.05) is 13.7 Å². The summed E-state index contributed by atoms with van der Waals surface area (Å²) in [4.78, 5) is 12.0. The van der Waals surface area contributed by atoms with E-state index in [1.54, 1.807) is 7.11 Å². The third-order valence-electron chi connectivity index (χ3n) is 5.79. The summed E-state index contributed by atoms with van der Waals surface area (Å²) in [6.07, 6.45) is 3.59. The molecule has 18 heavy (non-hydrogen) atoms. The number of methoxy groups -OCH3 is 1. The van der Waals surface area contributed by atoms with E-state index in [-0.39, 0.29) is 24.0 Å². The van der Waals surface area contributed by atoms with E-state index in [0.717, 1.165) is 12.3 Å². The van der Waals surface area contributed by atoms with Gasteiger partial charge in [0.25, 0.3) is 0 Å². The second-order valence-electron chi connectivity index (χ2n) is 6.73. The van der Waals surface area contributed by atoms with Crippen LogP contribution in [-0.2, 0) is 9.53 Å². The molecule has 4 nitrogen and oxygen atoms in total. The van der Waals surface area contributed by atoms with E-state index in [4.69, 9.17) is 10.5 Å². The highest BCUT2D eigenvalue weighted by Gasteiger charge is 2.61. The molecule has 3 N–H and O–H groups in total. The molecule has 2 aliphatic rings. The molecule has 2 saturated carbocycles. The van der Waals surface area contributed by atoms with Crippen molar-refractivity contribution in [3.63, 3.8) is 0 Å². The highest BCUT2D eigenvalue weighted by atomic mass is 16.5. The van der Waals surface area contributed by atoms with E-state index in [0.29, 0.717) is 5.41 Å². The molecule has 0 aromatic heterocycles. The molecule has 4 heteroatoms. The number of nitrogens with two attached hydrogens (primary N) is 1. The molecule has 2 fully saturated rings. The Hall–Kier alpha value is -0.610. The van der Waals surface area contributed by atoms with Gasteiger partial charge in [0, 0.05) is 13.2 Å². The Morgan fingerprint density at radius 3 is 2.61 bits per heavy atom. The van der Waals surface area contributed by atoms with Crippen molar-refractivity contribution in [3.8, 4) is 0 Å². The van der Waals surface area contributed by atoms with Gasteiger partial charge >= 0.3 is 0 Å². The first kappa shape index (κ1) is 13.8. The van der Waals surface area contributed by atoms with E-state index in [2.05, 4.69) is 26.1 Å². The third kappa shape index (κ3) is 1.86. The molecule has 2 aliphatic carbocycles. The maximum absolute atomic E-state index is 12.0. The van der Waals surface area contributed by atoms with Crippen LogP contribution in [0.3, 0.4) is 0 Å². The quantitative estimate of drug-likeness (QED) is 0.794. The first-order valence-electron chi connectivity index (χ1n) is 6.88. The summed E-state index contributed by atoms with van der Waals surface area (Å²) in [6.45, 7) is 7.27. The topological polar surface area (TPSA) is 64.3 Å². The zero-order chi connectivity index (χ0) is 13.6. The number of hydrogen-bond acceptors (Lipinski definition) is 3. The molecular formula is C14H26N2O2. The molecule has 4 atom stereocenters. The van der Waals surface area contributed by atoms with Crippen LogP contribution >= 0.6 is 0 Å². The first-order valence-corrected chi connectivity index (χ1v) is 6.88. The van der Waals surface area contributed by atoms with Gasteiger partial charge in [0.2, 0.25) is 5.91 Å². The summed E-state index contributed by atoms with van der Waals surface area (Å²) in [5, 5.41) is 3.15. The largest absolute Gasteiger partial charge is 0.383 e. The van der Waals surface area contributed by atoms with Gasteiger partial charge in [-0.05, 0) is 36.0 Å². The van der Waals surface area contributed by atoms with Gasteiger partial charge in [0.05, 0.1) is 6.61 Å². The number of carbonyl (C=O) groups is 1. The van der Waals surface area contributed by atoms with Gasteiger partial charge in [-0.1, -0.05) is 20.8 Å². The summed E-state index contributed by atoms with van der Waals surface area (Å²) >= 11 is 0. The molecule has 0 aromatic carbocycles. The number of hydrogen-bond donors (Lipinski definition) is 2. The Morgan fingerprint density at radius 1 is 1.50 bits per heavy atom. The Bertz CT molecular complexity index is 343. The van der Waals surface area contributed by atoms with Crippen molar-refractivity contribution in [2.24, 2.45) is 22.5 Å². The van der Waals surface area contributed by atoms with Crippen LogP contribution in [0.1, 0.15) is 40.0 Å². The number of rotatable bonds is 4. The molecular weight excluding hydrogens is 228 g/mol. The Balaban J connectivity index is 2.03. The van der Waals surface area contributed by atoms with Crippen molar-refractivity contribution in [1.82, 2.24) is 5.32 Å². The fourth-order valence-electron chi connectivity index (χ4n) is 3.96. The predicted molar refractivity (Wildman–Crippen MR) is 71.0 cm³/mol. The number of carbonyl (C=O) groups excluding carboxylic acids is 1. The second-order valence-corrected chi connectivity index (χ2v) is 6.73. The third-order valence-corrected chi connectivity index (χ3v) is 5.79. The number of fused-ring (bicyclic) bond motifs is 2. The summed E-state index contributed by atoms with van der Waals surface area (Å²) in [6, 6.07) is -0.289. The Morgan fingerprint density at radius 2 is 2.17 bits per heavy atom. The minimum Gasteiger partial charge on any atom is -0.383 e. The van der Waals surface area contributed by atoms with Gasteiger partial charge in [0.1, 0.15) is 6.04 Å². The molecule has 2 rings (SSSR count). The van der Waals surface area contributed by atoms with E-state index in [1.165, 1.54) is 12.8 Å². The van der Waals surface area contributed by atoms with Crippen LogP contribution in [0.25, 0.3) is 0 Å². The predicted octanol–water partition coefficient (Wildman–Crippen LogP) is 1.29. The lowest BCUT2D eigenvalue weighted by atomic mass is 9.69. The molecule has 0 aromatic rings. The summed E-state index contributed by atoms with van der Waals surface area (Å²) in [5.74, 6) is 0.651. The molecule has 0 saturated heterocycles. The fraction of sp³-hybridized carbons (Fsp3) is 0.929. The molecule has 0 spiro atoms. The molecule has 0 aliphatic heterocycles. The van der Waals surface area contributed by atoms with Gasteiger partial charge in [-0.15, -0.1) is 0 Å². The van der Waals surface area contributed by atoms with Crippen LogP contribution in [0.2, 0.25) is 0 Å². The van der Waals surface area contributed by atoms with Crippen LogP contribution in [0.5, 0.6) is 0 Å². The zero-order valence-corrected chi connectivity index (χ0v) is 12.0. The highest BCUT2D eigenvalue weighted by Crippen LogP contribution is 2.65. The van der Waals surface area contributed by atoms with Gasteiger partial charge in [-0.25, -0.2) is 0 Å². The minimum atomic E-state index is -0.555. The van der Waals surface area contributed by atoms with Crippen molar-refractivity contribution >= 4 is 5.91 Å². The summed E-state index contributed by atoms with van der Waals surface area (Å²) in [7, 11) is 1.56. The second kappa shape index (κ2) is 4.49. The average molecular weight is 254 g/mol. The lowest BCUT2D eigenvalue weighted by Crippen LogP contribution is -2.52. The van der Waals surface area contributed by atoms with Crippen LogP contribution in [-0.4, -0.2) is 31.7 Å². The SMILES string of the molecule is COCC(N)C(=O)NC1CC2CCC1(C)C2(C)C. The maximum atomic E-state index is 12.0. The minimum absolute atomic E-state index is 0.0774. The summed E-state index contributed by atoms with van der Waals surface area (Å²) < 4.78 is 4.93. The molecule has 0 radical (unpaired) electrons. The number of nitrogens with one attached hydrogen (secondary N) is 1. The van der Waals surface area contributed by atoms with Crippen molar-refractivity contribution in [3.05, 3.63) is 0 Å². The molecule has 1 amide bonds. The zero-order valence-electron chi connectivity index (χ0n) is 12.0. The van der Waals surface area contributed by atoms with E-state index < -0.39 is 6.04 Å². The smallest absolute Gasteiger partial charge is 0.239 e. The van der Waals surface area contributed by atoms with Crippen LogP contribution < -0.4 is 11.1 Å². The van der Waals surface area contributed by atoms with Crippen LogP contribution in [0.15, 0.2) is 0 Å². The van der Waals surface area contributed by atoms with Gasteiger partial charge < -0.3 is 15.8 Å². The molecule has 4 unspecified atom stereocenters.